The Hall–Kier alpha value is -2.35. The number of nitrogens with one attached hydrogen (secondary N) is 1. The lowest BCUT2D eigenvalue weighted by molar-refractivity contribution is -0.111. The van der Waals surface area contributed by atoms with Crippen LogP contribution in [0.15, 0.2) is 60.7 Å². The molecule has 0 aliphatic heterocycles. The minimum Gasteiger partial charge on any atom is -0.322 e. The molecule has 0 unspecified atom stereocenters. The largest absolute Gasteiger partial charge is 0.322 e. The van der Waals surface area contributed by atoms with Crippen LogP contribution in [0.3, 0.4) is 0 Å². The molecule has 1 amide bonds. The first-order chi connectivity index (χ1) is 10.2. The second-order valence-corrected chi connectivity index (χ2v) is 5.13. The molecule has 1 N–H and O–H groups in total. The topological polar surface area (TPSA) is 29.1 Å². The molecule has 0 saturated heterocycles. The quantitative estimate of drug-likeness (QED) is 0.779. The zero-order valence-corrected chi connectivity index (χ0v) is 12.5. The maximum atomic E-state index is 12.1. The third-order valence-electron chi connectivity index (χ3n) is 3.59. The van der Waals surface area contributed by atoms with E-state index in [0.717, 1.165) is 17.7 Å². The SMILES string of the molecule is CC[C@@H](C)c1ccccc1NC(=O)/C=C/c1ccccc1. The average molecular weight is 279 g/mol. The normalized spacial score (nSPS) is 12.3. The van der Waals surface area contributed by atoms with Crippen molar-refractivity contribution in [1.82, 2.24) is 0 Å². The molecule has 0 aliphatic carbocycles. The molecule has 2 aromatic carbocycles. The van der Waals surface area contributed by atoms with E-state index in [0.29, 0.717) is 5.92 Å². The fourth-order valence-corrected chi connectivity index (χ4v) is 2.17. The van der Waals surface area contributed by atoms with Crippen molar-refractivity contribution >= 4 is 17.7 Å². The van der Waals surface area contributed by atoms with Crippen LogP contribution >= 0.6 is 0 Å². The Balaban J connectivity index is 2.08. The van der Waals surface area contributed by atoms with E-state index in [1.807, 2.05) is 54.6 Å². The fourth-order valence-electron chi connectivity index (χ4n) is 2.17. The molecule has 0 saturated carbocycles. The molecular formula is C19H21NO. The Labute approximate surface area is 126 Å². The zero-order valence-electron chi connectivity index (χ0n) is 12.5. The van der Waals surface area contributed by atoms with E-state index in [-0.39, 0.29) is 5.91 Å². The summed E-state index contributed by atoms with van der Waals surface area (Å²) in [6.07, 6.45) is 4.44. The number of rotatable bonds is 5. The summed E-state index contributed by atoms with van der Waals surface area (Å²) in [5, 5.41) is 2.97. The van der Waals surface area contributed by atoms with Crippen LogP contribution in [0.5, 0.6) is 0 Å². The van der Waals surface area contributed by atoms with Crippen molar-refractivity contribution in [1.29, 1.82) is 0 Å². The molecule has 0 fully saturated rings. The number of hydrogen-bond acceptors (Lipinski definition) is 1. The van der Waals surface area contributed by atoms with E-state index in [2.05, 4.69) is 25.2 Å². The van der Waals surface area contributed by atoms with Crippen LogP contribution in [0.2, 0.25) is 0 Å². The molecule has 2 aromatic rings. The summed E-state index contributed by atoms with van der Waals surface area (Å²) in [6, 6.07) is 17.8. The number of para-hydroxylation sites is 1. The highest BCUT2D eigenvalue weighted by molar-refractivity contribution is 6.02. The first-order valence-corrected chi connectivity index (χ1v) is 7.33. The van der Waals surface area contributed by atoms with Gasteiger partial charge in [0.2, 0.25) is 5.91 Å². The van der Waals surface area contributed by atoms with Gasteiger partial charge >= 0.3 is 0 Å². The summed E-state index contributed by atoms with van der Waals surface area (Å²) in [5.41, 5.74) is 3.10. The maximum Gasteiger partial charge on any atom is 0.248 e. The summed E-state index contributed by atoms with van der Waals surface area (Å²) < 4.78 is 0. The van der Waals surface area contributed by atoms with E-state index in [1.54, 1.807) is 6.08 Å². The van der Waals surface area contributed by atoms with E-state index >= 15 is 0 Å². The van der Waals surface area contributed by atoms with Gasteiger partial charge in [-0.15, -0.1) is 0 Å². The van der Waals surface area contributed by atoms with Gasteiger partial charge in [0, 0.05) is 11.8 Å². The highest BCUT2D eigenvalue weighted by atomic mass is 16.1. The van der Waals surface area contributed by atoms with Crippen molar-refractivity contribution in [3.05, 3.63) is 71.8 Å². The molecule has 0 radical (unpaired) electrons. The zero-order chi connectivity index (χ0) is 15.1. The first kappa shape index (κ1) is 15.0. The van der Waals surface area contributed by atoms with Crippen LogP contribution in [-0.4, -0.2) is 5.91 Å². The lowest BCUT2D eigenvalue weighted by Gasteiger charge is -2.14. The molecular weight excluding hydrogens is 258 g/mol. The van der Waals surface area contributed by atoms with Gasteiger partial charge in [-0.2, -0.15) is 0 Å². The number of hydrogen-bond donors (Lipinski definition) is 1. The van der Waals surface area contributed by atoms with Crippen LogP contribution < -0.4 is 5.32 Å². The predicted octanol–water partition coefficient (Wildman–Crippen LogP) is 4.85. The molecule has 21 heavy (non-hydrogen) atoms. The monoisotopic (exact) mass is 279 g/mol. The molecule has 0 bridgehead atoms. The minimum absolute atomic E-state index is 0.102. The third kappa shape index (κ3) is 4.32. The first-order valence-electron chi connectivity index (χ1n) is 7.33. The van der Waals surface area contributed by atoms with Crippen LogP contribution in [0.4, 0.5) is 5.69 Å². The Kier molecular flexibility index (Phi) is 5.33. The van der Waals surface area contributed by atoms with Gasteiger partial charge in [0.05, 0.1) is 0 Å². The Morgan fingerprint density at radius 2 is 1.76 bits per heavy atom. The van der Waals surface area contributed by atoms with Crippen molar-refractivity contribution in [3.8, 4) is 0 Å². The number of amides is 1. The molecule has 0 heterocycles. The van der Waals surface area contributed by atoms with Crippen LogP contribution in [0.1, 0.15) is 37.3 Å². The van der Waals surface area contributed by atoms with Gasteiger partial charge < -0.3 is 5.32 Å². The predicted molar refractivity (Wildman–Crippen MR) is 89.3 cm³/mol. The molecule has 0 aromatic heterocycles. The van der Waals surface area contributed by atoms with Gasteiger partial charge in [0.25, 0.3) is 0 Å². The van der Waals surface area contributed by atoms with Gasteiger partial charge in [-0.05, 0) is 35.6 Å². The van der Waals surface area contributed by atoms with Crippen LogP contribution in [-0.2, 0) is 4.79 Å². The Morgan fingerprint density at radius 3 is 2.48 bits per heavy atom. The molecule has 0 spiro atoms. The van der Waals surface area contributed by atoms with E-state index in [1.165, 1.54) is 5.56 Å². The summed E-state index contributed by atoms with van der Waals surface area (Å²) in [4.78, 5) is 12.1. The second kappa shape index (κ2) is 7.44. The summed E-state index contributed by atoms with van der Waals surface area (Å²) >= 11 is 0. The van der Waals surface area contributed by atoms with Crippen molar-refractivity contribution in [2.24, 2.45) is 0 Å². The molecule has 0 aliphatic rings. The Bertz CT molecular complexity index is 616. The molecule has 2 nitrogen and oxygen atoms in total. The van der Waals surface area contributed by atoms with Crippen LogP contribution in [0.25, 0.3) is 6.08 Å². The van der Waals surface area contributed by atoms with Crippen molar-refractivity contribution in [3.63, 3.8) is 0 Å². The number of carbonyl (C=O) groups is 1. The average Bonchev–Trinajstić information content (AvgIpc) is 2.54. The molecule has 108 valence electrons. The number of anilines is 1. The van der Waals surface area contributed by atoms with Gasteiger partial charge in [-0.25, -0.2) is 0 Å². The molecule has 2 rings (SSSR count). The smallest absolute Gasteiger partial charge is 0.248 e. The van der Waals surface area contributed by atoms with E-state index < -0.39 is 0 Å². The third-order valence-corrected chi connectivity index (χ3v) is 3.59. The van der Waals surface area contributed by atoms with Gasteiger partial charge in [-0.3, -0.25) is 4.79 Å². The lowest BCUT2D eigenvalue weighted by Crippen LogP contribution is -2.10. The van der Waals surface area contributed by atoms with E-state index in [4.69, 9.17) is 0 Å². The highest BCUT2D eigenvalue weighted by Crippen LogP contribution is 2.26. The summed E-state index contributed by atoms with van der Waals surface area (Å²) in [5.74, 6) is 0.328. The lowest BCUT2D eigenvalue weighted by atomic mass is 9.97. The van der Waals surface area contributed by atoms with E-state index in [9.17, 15) is 4.79 Å². The van der Waals surface area contributed by atoms with Crippen molar-refractivity contribution in [2.45, 2.75) is 26.2 Å². The standard InChI is InChI=1S/C19H21NO/c1-3-15(2)17-11-7-8-12-18(17)20-19(21)14-13-16-9-5-4-6-10-16/h4-15H,3H2,1-2H3,(H,20,21)/b14-13+/t15-/m1/s1. The number of benzene rings is 2. The van der Waals surface area contributed by atoms with Crippen molar-refractivity contribution in [2.75, 3.05) is 5.32 Å². The summed E-state index contributed by atoms with van der Waals surface area (Å²) in [7, 11) is 0. The maximum absolute atomic E-state index is 12.1. The van der Waals surface area contributed by atoms with Gasteiger partial charge in [-0.1, -0.05) is 62.4 Å². The van der Waals surface area contributed by atoms with Gasteiger partial charge in [0.15, 0.2) is 0 Å². The Morgan fingerprint density at radius 1 is 1.10 bits per heavy atom. The molecule has 1 atom stereocenters. The van der Waals surface area contributed by atoms with Crippen molar-refractivity contribution < 1.29 is 4.79 Å². The second-order valence-electron chi connectivity index (χ2n) is 5.13. The minimum atomic E-state index is -0.102. The van der Waals surface area contributed by atoms with Gasteiger partial charge in [0.1, 0.15) is 0 Å². The highest BCUT2D eigenvalue weighted by Gasteiger charge is 2.09. The van der Waals surface area contributed by atoms with Crippen LogP contribution in [0, 0.1) is 0 Å². The molecule has 2 heteroatoms. The number of carbonyl (C=O) groups excluding carboxylic acids is 1. The fraction of sp³-hybridized carbons (Fsp3) is 0.211. The summed E-state index contributed by atoms with van der Waals surface area (Å²) in [6.45, 7) is 4.32.